The highest BCUT2D eigenvalue weighted by Crippen LogP contribution is 2.68. The van der Waals surface area contributed by atoms with E-state index in [9.17, 15) is 0 Å². The molecule has 0 amide bonds. The highest BCUT2D eigenvalue weighted by molar-refractivity contribution is 7.75. The average Bonchev–Trinajstić information content (AvgIpc) is 3.80. The van der Waals surface area contributed by atoms with Crippen LogP contribution in [0.15, 0.2) is 89.0 Å². The fraction of sp³-hybridized carbons (Fsp3) is 0.521. The van der Waals surface area contributed by atoms with Crippen LogP contribution < -0.4 is 10.6 Å². The lowest BCUT2D eigenvalue weighted by molar-refractivity contribution is 0.326. The van der Waals surface area contributed by atoms with Crippen LogP contribution in [0.5, 0.6) is 0 Å². The molecule has 1 aliphatic heterocycles. The number of nitrogens with zero attached hydrogens (tertiary/aromatic N) is 1. The summed E-state index contributed by atoms with van der Waals surface area (Å²) in [6.45, 7) is 30.0. The number of fused-ring (bicyclic) bond motifs is 3. The number of allylic oxidation sites excluding steroid dienone is 3. The van der Waals surface area contributed by atoms with Gasteiger partial charge in [-0.25, -0.2) is 0 Å². The molecule has 0 N–H and O–H groups in total. The molecule has 2 nitrogen and oxygen atoms in total. The molecule has 270 valence electrons. The SMILES string of the molecule is CC(C)(C)c1cc(P(c2cc(C(C)(C)C)cc(C(C)(C)C)c2)C2(C3=NCCO3)CC=CC3=C2C2(CC3)CCc3ccccc32)cc(C(C)(C)C)c1. The van der Waals surface area contributed by atoms with Crippen molar-refractivity contribution in [1.29, 1.82) is 0 Å². The Bertz CT molecular complexity index is 1810. The highest BCUT2D eigenvalue weighted by atomic mass is 31.1. The van der Waals surface area contributed by atoms with Gasteiger partial charge in [0.2, 0.25) is 0 Å². The maximum absolute atomic E-state index is 6.91. The smallest absolute Gasteiger partial charge is 0.199 e. The van der Waals surface area contributed by atoms with Gasteiger partial charge in [0.05, 0.1) is 11.7 Å². The molecule has 0 saturated heterocycles. The van der Waals surface area contributed by atoms with Gasteiger partial charge in [-0.2, -0.15) is 0 Å². The van der Waals surface area contributed by atoms with Crippen molar-refractivity contribution in [3.8, 4) is 0 Å². The summed E-state index contributed by atoms with van der Waals surface area (Å²) in [5, 5.41) is 2.53. The Morgan fingerprint density at radius 2 is 1.16 bits per heavy atom. The van der Waals surface area contributed by atoms with E-state index in [-0.39, 0.29) is 32.2 Å². The largest absolute Gasteiger partial charge is 0.478 e. The van der Waals surface area contributed by atoms with Gasteiger partial charge in [-0.05, 0) is 117 Å². The second-order valence-electron chi connectivity index (χ2n) is 20.0. The summed E-state index contributed by atoms with van der Waals surface area (Å²) in [6, 6.07) is 24.8. The summed E-state index contributed by atoms with van der Waals surface area (Å²) in [6.07, 6.45) is 10.5. The van der Waals surface area contributed by atoms with Gasteiger partial charge in [-0.3, -0.25) is 4.99 Å². The molecule has 3 aromatic carbocycles. The molecule has 1 spiro atoms. The first-order chi connectivity index (χ1) is 23.7. The van der Waals surface area contributed by atoms with Crippen LogP contribution in [0.2, 0.25) is 0 Å². The zero-order valence-electron chi connectivity index (χ0n) is 33.7. The molecule has 3 aromatic rings. The maximum Gasteiger partial charge on any atom is 0.199 e. The van der Waals surface area contributed by atoms with E-state index < -0.39 is 7.92 Å². The summed E-state index contributed by atoms with van der Waals surface area (Å²) in [7, 11) is -1.05. The van der Waals surface area contributed by atoms with E-state index in [0.717, 1.165) is 31.7 Å². The minimum atomic E-state index is -1.05. The van der Waals surface area contributed by atoms with Crippen LogP contribution >= 0.6 is 7.92 Å². The molecule has 2 atom stereocenters. The summed E-state index contributed by atoms with van der Waals surface area (Å²) in [5.41, 5.74) is 11.9. The first kappa shape index (κ1) is 36.4. The molecular weight excluding hydrogens is 638 g/mol. The Balaban J connectivity index is 1.63. The van der Waals surface area contributed by atoms with E-state index in [1.165, 1.54) is 56.8 Å². The van der Waals surface area contributed by atoms with Crippen LogP contribution in [0.25, 0.3) is 0 Å². The fourth-order valence-electron chi connectivity index (χ4n) is 9.30. The molecule has 0 aromatic heterocycles. The lowest BCUT2D eigenvalue weighted by Gasteiger charge is -2.49. The van der Waals surface area contributed by atoms with Gasteiger partial charge in [0.15, 0.2) is 5.90 Å². The van der Waals surface area contributed by atoms with Crippen molar-refractivity contribution in [1.82, 2.24) is 0 Å². The van der Waals surface area contributed by atoms with Gasteiger partial charge in [0.1, 0.15) is 6.61 Å². The molecule has 3 aliphatic carbocycles. The zero-order chi connectivity index (χ0) is 36.8. The van der Waals surface area contributed by atoms with E-state index in [1.54, 1.807) is 11.1 Å². The van der Waals surface area contributed by atoms with Crippen LogP contribution in [-0.2, 0) is 38.2 Å². The minimum absolute atomic E-state index is 0.00521. The average molecular weight is 700 g/mol. The zero-order valence-corrected chi connectivity index (χ0v) is 34.6. The summed E-state index contributed by atoms with van der Waals surface area (Å²) in [5.74, 6) is 0.994. The van der Waals surface area contributed by atoms with E-state index in [0.29, 0.717) is 6.61 Å². The van der Waals surface area contributed by atoms with E-state index in [2.05, 4.69) is 156 Å². The standard InChI is InChI=1S/C48H62NOP/c1-43(2,3)34-26-35(44(4,5)6)29-38(28-34)51(39-30-36(45(7,8)9)27-37(31-39)46(10,11)12)48(42-49-24-25-50-42)21-15-17-33-20-23-47(41(33)48)22-19-32-16-13-14-18-40(32)47/h13-18,26-31H,19-25H2,1-12H3. The van der Waals surface area contributed by atoms with Crippen molar-refractivity contribution in [2.45, 2.75) is 147 Å². The molecule has 0 radical (unpaired) electrons. The number of ether oxygens (including phenoxy) is 1. The number of hydrogen-bond donors (Lipinski definition) is 0. The van der Waals surface area contributed by atoms with Crippen LogP contribution in [0.1, 0.15) is 142 Å². The van der Waals surface area contributed by atoms with Gasteiger partial charge in [0, 0.05) is 5.41 Å². The van der Waals surface area contributed by atoms with Crippen molar-refractivity contribution in [2.24, 2.45) is 4.99 Å². The second-order valence-corrected chi connectivity index (χ2v) is 22.5. The maximum atomic E-state index is 6.91. The summed E-state index contributed by atoms with van der Waals surface area (Å²) < 4.78 is 6.91. The first-order valence-corrected chi connectivity index (χ1v) is 20.9. The second kappa shape index (κ2) is 12.3. The van der Waals surface area contributed by atoms with Crippen LogP contribution in [0.4, 0.5) is 0 Å². The molecule has 3 heteroatoms. The Morgan fingerprint density at radius 3 is 1.65 bits per heavy atom. The predicted octanol–water partition coefficient (Wildman–Crippen LogP) is 11.4. The lowest BCUT2D eigenvalue weighted by Crippen LogP contribution is -2.50. The van der Waals surface area contributed by atoms with E-state index in [1.807, 2.05) is 0 Å². The number of aryl methyl sites for hydroxylation is 1. The van der Waals surface area contributed by atoms with Gasteiger partial charge in [0.25, 0.3) is 0 Å². The number of rotatable bonds is 4. The molecule has 51 heavy (non-hydrogen) atoms. The third kappa shape index (κ3) is 6.20. The minimum Gasteiger partial charge on any atom is -0.478 e. The highest BCUT2D eigenvalue weighted by Gasteiger charge is 2.61. The third-order valence-corrected chi connectivity index (χ3v) is 15.2. The van der Waals surface area contributed by atoms with Crippen molar-refractivity contribution in [3.63, 3.8) is 0 Å². The quantitative estimate of drug-likeness (QED) is 0.248. The molecule has 0 saturated carbocycles. The molecule has 0 bridgehead atoms. The molecule has 0 fully saturated rings. The lowest BCUT2D eigenvalue weighted by atomic mass is 9.68. The topological polar surface area (TPSA) is 21.6 Å². The van der Waals surface area contributed by atoms with Crippen LogP contribution in [0, 0.1) is 0 Å². The number of benzene rings is 3. The van der Waals surface area contributed by atoms with E-state index in [4.69, 9.17) is 9.73 Å². The summed E-state index contributed by atoms with van der Waals surface area (Å²) in [4.78, 5) is 5.40. The predicted molar refractivity (Wildman–Crippen MR) is 221 cm³/mol. The van der Waals surface area contributed by atoms with Crippen LogP contribution in [-0.4, -0.2) is 24.2 Å². The number of aliphatic imine (C=N–C) groups is 1. The molecule has 2 unspecified atom stereocenters. The van der Waals surface area contributed by atoms with Crippen molar-refractivity contribution in [2.75, 3.05) is 13.2 Å². The molecule has 1 heterocycles. The van der Waals surface area contributed by atoms with Gasteiger partial charge in [-0.15, -0.1) is 0 Å². The summed E-state index contributed by atoms with van der Waals surface area (Å²) >= 11 is 0. The normalized spacial score (nSPS) is 23.6. The molecule has 4 aliphatic rings. The van der Waals surface area contributed by atoms with E-state index >= 15 is 0 Å². The Kier molecular flexibility index (Phi) is 8.78. The van der Waals surface area contributed by atoms with Gasteiger partial charge in [-0.1, -0.05) is 156 Å². The third-order valence-electron chi connectivity index (χ3n) is 12.3. The van der Waals surface area contributed by atoms with Gasteiger partial charge < -0.3 is 4.74 Å². The Hall–Kier alpha value is -2.96. The van der Waals surface area contributed by atoms with Gasteiger partial charge >= 0.3 is 0 Å². The Labute approximate surface area is 311 Å². The monoisotopic (exact) mass is 699 g/mol. The van der Waals surface area contributed by atoms with Crippen molar-refractivity contribution in [3.05, 3.63) is 117 Å². The molecular formula is C48H62NOP. The van der Waals surface area contributed by atoms with Crippen LogP contribution in [0.3, 0.4) is 0 Å². The fourth-order valence-corrected chi connectivity index (χ4v) is 12.7. The number of hydrogen-bond acceptors (Lipinski definition) is 2. The molecule has 7 rings (SSSR count). The van der Waals surface area contributed by atoms with Crippen molar-refractivity contribution >= 4 is 24.4 Å². The first-order valence-electron chi connectivity index (χ1n) is 19.5. The van der Waals surface area contributed by atoms with Crippen molar-refractivity contribution < 1.29 is 4.74 Å². The Morgan fingerprint density at radius 1 is 0.647 bits per heavy atom.